The summed E-state index contributed by atoms with van der Waals surface area (Å²) in [6.07, 6.45) is 1.03. The second kappa shape index (κ2) is 8.21. The summed E-state index contributed by atoms with van der Waals surface area (Å²) in [5.41, 5.74) is 4.25. The van der Waals surface area contributed by atoms with E-state index in [-0.39, 0.29) is 12.4 Å². The maximum atomic E-state index is 6.32. The molecule has 24 heavy (non-hydrogen) atoms. The van der Waals surface area contributed by atoms with Crippen LogP contribution in [0.3, 0.4) is 0 Å². The Balaban J connectivity index is 0.00000208. The van der Waals surface area contributed by atoms with Crippen LogP contribution in [0, 0.1) is 0 Å². The standard InChI is InChI=1S/C18H16Cl2N2S.ClH/c1-3-12-4-7-14(8-5-12)21-18-22(2)17(11-23-18)15-9-6-13(19)10-16(15)20;/h4-11H,3H2,1-2H3;1H. The summed E-state index contributed by atoms with van der Waals surface area (Å²) < 4.78 is 2.05. The third kappa shape index (κ3) is 4.04. The van der Waals surface area contributed by atoms with Gasteiger partial charge in [-0.1, -0.05) is 42.3 Å². The monoisotopic (exact) mass is 398 g/mol. The predicted octanol–water partition coefficient (Wildman–Crippen LogP) is 6.28. The van der Waals surface area contributed by atoms with Gasteiger partial charge < -0.3 is 4.57 Å². The van der Waals surface area contributed by atoms with Gasteiger partial charge in [0.25, 0.3) is 0 Å². The van der Waals surface area contributed by atoms with Crippen molar-refractivity contribution in [3.63, 3.8) is 0 Å². The summed E-state index contributed by atoms with van der Waals surface area (Å²) in [5, 5.41) is 3.34. The van der Waals surface area contributed by atoms with Crippen molar-refractivity contribution in [3.05, 3.63) is 68.3 Å². The number of rotatable bonds is 3. The first-order valence-electron chi connectivity index (χ1n) is 7.32. The summed E-state index contributed by atoms with van der Waals surface area (Å²) in [4.78, 5) is 5.65. The summed E-state index contributed by atoms with van der Waals surface area (Å²) >= 11 is 13.9. The molecule has 0 bridgehead atoms. The predicted molar refractivity (Wildman–Crippen MR) is 107 cm³/mol. The molecular formula is C18H17Cl3N2S. The van der Waals surface area contributed by atoms with E-state index in [1.54, 1.807) is 17.4 Å². The molecule has 0 spiro atoms. The van der Waals surface area contributed by atoms with Crippen LogP contribution in [0.4, 0.5) is 5.69 Å². The lowest BCUT2D eigenvalue weighted by molar-refractivity contribution is 0.883. The highest BCUT2D eigenvalue weighted by Gasteiger charge is 2.09. The van der Waals surface area contributed by atoms with Crippen molar-refractivity contribution >= 4 is 52.6 Å². The number of thiazole rings is 1. The van der Waals surface area contributed by atoms with E-state index in [0.29, 0.717) is 10.0 Å². The molecular weight excluding hydrogens is 383 g/mol. The van der Waals surface area contributed by atoms with Crippen LogP contribution in [0.25, 0.3) is 11.3 Å². The molecule has 0 unspecified atom stereocenters. The van der Waals surface area contributed by atoms with E-state index in [1.165, 1.54) is 5.56 Å². The minimum absolute atomic E-state index is 0. The van der Waals surface area contributed by atoms with Gasteiger partial charge in [-0.2, -0.15) is 0 Å². The lowest BCUT2D eigenvalue weighted by atomic mass is 10.1. The lowest BCUT2D eigenvalue weighted by Crippen LogP contribution is -2.10. The Bertz CT molecular complexity index is 895. The number of nitrogens with zero attached hydrogens (tertiary/aromatic N) is 2. The first-order valence-corrected chi connectivity index (χ1v) is 8.95. The molecule has 0 N–H and O–H groups in total. The van der Waals surface area contributed by atoms with Gasteiger partial charge in [-0.15, -0.1) is 23.7 Å². The Labute approximate surface area is 161 Å². The Morgan fingerprint density at radius 2 is 1.79 bits per heavy atom. The maximum absolute atomic E-state index is 6.32. The Kier molecular flexibility index (Phi) is 6.53. The second-order valence-electron chi connectivity index (χ2n) is 5.22. The van der Waals surface area contributed by atoms with Crippen LogP contribution in [0.5, 0.6) is 0 Å². The topological polar surface area (TPSA) is 17.3 Å². The van der Waals surface area contributed by atoms with Crippen molar-refractivity contribution in [2.75, 3.05) is 0 Å². The highest BCUT2D eigenvalue weighted by molar-refractivity contribution is 7.07. The van der Waals surface area contributed by atoms with Crippen molar-refractivity contribution in [2.45, 2.75) is 13.3 Å². The first-order chi connectivity index (χ1) is 11.1. The number of hydrogen-bond acceptors (Lipinski definition) is 2. The Morgan fingerprint density at radius 3 is 2.42 bits per heavy atom. The van der Waals surface area contributed by atoms with Crippen LogP contribution >= 0.6 is 46.9 Å². The molecule has 1 heterocycles. The van der Waals surface area contributed by atoms with Crippen LogP contribution in [0.15, 0.2) is 52.8 Å². The van der Waals surface area contributed by atoms with Crippen molar-refractivity contribution in [1.82, 2.24) is 4.57 Å². The van der Waals surface area contributed by atoms with Crippen LogP contribution in [0.1, 0.15) is 12.5 Å². The number of hydrogen-bond donors (Lipinski definition) is 0. The fourth-order valence-corrected chi connectivity index (χ4v) is 3.75. The molecule has 3 rings (SSSR count). The van der Waals surface area contributed by atoms with Gasteiger partial charge in [-0.3, -0.25) is 0 Å². The van der Waals surface area contributed by atoms with Crippen molar-refractivity contribution in [1.29, 1.82) is 0 Å². The first kappa shape index (κ1) is 19.1. The van der Waals surface area contributed by atoms with Crippen LogP contribution in [-0.2, 0) is 13.5 Å². The van der Waals surface area contributed by atoms with E-state index in [0.717, 1.165) is 28.2 Å². The average molecular weight is 400 g/mol. The van der Waals surface area contributed by atoms with Gasteiger partial charge in [0.2, 0.25) is 0 Å². The molecule has 0 aliphatic rings. The normalized spacial score (nSPS) is 11.4. The summed E-state index contributed by atoms with van der Waals surface area (Å²) in [6, 6.07) is 13.9. The molecule has 0 saturated heterocycles. The van der Waals surface area contributed by atoms with Crippen LogP contribution < -0.4 is 4.80 Å². The van der Waals surface area contributed by atoms with E-state index >= 15 is 0 Å². The summed E-state index contributed by atoms with van der Waals surface area (Å²) in [7, 11) is 2.00. The molecule has 2 aromatic carbocycles. The zero-order valence-corrected chi connectivity index (χ0v) is 16.4. The van der Waals surface area contributed by atoms with Gasteiger partial charge in [0.1, 0.15) is 0 Å². The maximum Gasteiger partial charge on any atom is 0.190 e. The van der Waals surface area contributed by atoms with Gasteiger partial charge in [0, 0.05) is 23.0 Å². The van der Waals surface area contributed by atoms with Crippen molar-refractivity contribution in [3.8, 4) is 11.3 Å². The second-order valence-corrected chi connectivity index (χ2v) is 6.90. The van der Waals surface area contributed by atoms with Gasteiger partial charge >= 0.3 is 0 Å². The van der Waals surface area contributed by atoms with Crippen LogP contribution in [-0.4, -0.2) is 4.57 Å². The Morgan fingerprint density at radius 1 is 1.08 bits per heavy atom. The van der Waals surface area contributed by atoms with Gasteiger partial charge in [-0.25, -0.2) is 4.99 Å². The minimum atomic E-state index is 0. The lowest BCUT2D eigenvalue weighted by Gasteiger charge is -2.05. The molecule has 0 fully saturated rings. The van der Waals surface area contributed by atoms with Crippen molar-refractivity contribution < 1.29 is 0 Å². The highest BCUT2D eigenvalue weighted by atomic mass is 35.5. The Hall–Kier alpha value is -1.26. The fourth-order valence-electron chi connectivity index (χ4n) is 2.33. The number of aryl methyl sites for hydroxylation is 1. The smallest absolute Gasteiger partial charge is 0.190 e. The zero-order valence-electron chi connectivity index (χ0n) is 13.3. The molecule has 0 atom stereocenters. The molecule has 0 aliphatic heterocycles. The molecule has 0 amide bonds. The molecule has 1 aromatic heterocycles. The number of aromatic nitrogens is 1. The third-order valence-corrected chi connectivity index (χ3v) is 5.17. The van der Waals surface area contributed by atoms with Crippen LogP contribution in [0.2, 0.25) is 10.0 Å². The number of benzene rings is 2. The third-order valence-electron chi connectivity index (χ3n) is 3.70. The molecule has 6 heteroatoms. The minimum Gasteiger partial charge on any atom is -0.319 e. The SMILES string of the molecule is CCc1ccc(N=c2scc(-c3ccc(Cl)cc3Cl)n2C)cc1.Cl. The van der Waals surface area contributed by atoms with E-state index in [9.17, 15) is 0 Å². The molecule has 2 nitrogen and oxygen atoms in total. The molecule has 0 radical (unpaired) electrons. The van der Waals surface area contributed by atoms with Gasteiger partial charge in [0.05, 0.1) is 16.4 Å². The highest BCUT2D eigenvalue weighted by Crippen LogP contribution is 2.30. The van der Waals surface area contributed by atoms with Gasteiger partial charge in [-0.05, 0) is 42.3 Å². The van der Waals surface area contributed by atoms with E-state index in [4.69, 9.17) is 28.2 Å². The molecule has 3 aromatic rings. The van der Waals surface area contributed by atoms with E-state index < -0.39 is 0 Å². The van der Waals surface area contributed by atoms with Crippen molar-refractivity contribution in [2.24, 2.45) is 12.0 Å². The molecule has 0 saturated carbocycles. The van der Waals surface area contributed by atoms with E-state index in [1.807, 2.05) is 35.9 Å². The fraction of sp³-hybridized carbons (Fsp3) is 0.167. The summed E-state index contributed by atoms with van der Waals surface area (Å²) in [6.45, 7) is 2.15. The zero-order chi connectivity index (χ0) is 16.4. The quantitative estimate of drug-likeness (QED) is 0.493. The molecule has 0 aliphatic carbocycles. The average Bonchev–Trinajstić information content (AvgIpc) is 2.89. The van der Waals surface area contributed by atoms with E-state index in [2.05, 4.69) is 24.4 Å². The van der Waals surface area contributed by atoms with Gasteiger partial charge in [0.15, 0.2) is 4.80 Å². The molecule has 126 valence electrons. The number of halogens is 3. The largest absolute Gasteiger partial charge is 0.319 e. The summed E-state index contributed by atoms with van der Waals surface area (Å²) in [5.74, 6) is 0.